The Bertz CT molecular complexity index is 966. The first-order chi connectivity index (χ1) is 13.5. The summed E-state index contributed by atoms with van der Waals surface area (Å²) in [5.74, 6) is -9.52. The minimum atomic E-state index is -5.12. The number of hydrogen-bond acceptors (Lipinski definition) is 3. The number of benzene rings is 2. The van der Waals surface area contributed by atoms with E-state index in [1.54, 1.807) is 5.32 Å². The largest absolute Gasteiger partial charge is 0.429 e. The van der Waals surface area contributed by atoms with Gasteiger partial charge in [0.25, 0.3) is 5.91 Å². The van der Waals surface area contributed by atoms with Crippen molar-refractivity contribution in [2.75, 3.05) is 12.4 Å². The Kier molecular flexibility index (Phi) is 6.40. The number of halogens is 7. The zero-order valence-electron chi connectivity index (χ0n) is 14.5. The van der Waals surface area contributed by atoms with Gasteiger partial charge in [-0.2, -0.15) is 13.2 Å². The van der Waals surface area contributed by atoms with Crippen molar-refractivity contribution in [2.24, 2.45) is 4.99 Å². The molecule has 1 atom stereocenters. The van der Waals surface area contributed by atoms with Crippen LogP contribution in [0, 0.1) is 28.7 Å². The van der Waals surface area contributed by atoms with E-state index in [9.17, 15) is 35.5 Å². The average molecular weight is 419 g/mol. The highest BCUT2D eigenvalue weighted by atomic mass is 19.4. The summed E-state index contributed by atoms with van der Waals surface area (Å²) in [6, 6.07) is 3.95. The standard InChI is InChI=1S/C18H12F7N3O/c1-27-7-9(16(26)18(23,24)25)8-5-6-12(15(22)14(8)21)28-17(29)13-10(19)3-2-4-11(13)20/h2-7,9,26H,1H3,(H,28,29). The number of nitrogens with one attached hydrogen (secondary N) is 2. The van der Waals surface area contributed by atoms with Crippen molar-refractivity contribution in [1.82, 2.24) is 0 Å². The van der Waals surface area contributed by atoms with Crippen molar-refractivity contribution in [3.05, 3.63) is 64.7 Å². The van der Waals surface area contributed by atoms with Crippen molar-refractivity contribution >= 4 is 23.5 Å². The molecule has 0 aliphatic rings. The average Bonchev–Trinajstić information content (AvgIpc) is 2.63. The lowest BCUT2D eigenvalue weighted by Crippen LogP contribution is -2.30. The molecule has 0 aliphatic carbocycles. The van der Waals surface area contributed by atoms with E-state index in [4.69, 9.17) is 5.41 Å². The third kappa shape index (κ3) is 4.61. The molecular formula is C18H12F7N3O. The lowest BCUT2D eigenvalue weighted by molar-refractivity contribution is -0.0612. The molecule has 2 rings (SSSR count). The van der Waals surface area contributed by atoms with Crippen LogP contribution in [0.15, 0.2) is 35.3 Å². The van der Waals surface area contributed by atoms with Crippen LogP contribution in [0.4, 0.5) is 36.4 Å². The number of hydrogen-bond donors (Lipinski definition) is 2. The molecule has 0 saturated carbocycles. The molecule has 1 amide bonds. The van der Waals surface area contributed by atoms with Crippen LogP contribution < -0.4 is 5.32 Å². The molecule has 1 unspecified atom stereocenters. The molecule has 2 aromatic rings. The molecule has 154 valence electrons. The fraction of sp³-hybridized carbons (Fsp3) is 0.167. The number of carbonyl (C=O) groups is 1. The molecule has 4 nitrogen and oxygen atoms in total. The van der Waals surface area contributed by atoms with E-state index in [0.29, 0.717) is 18.3 Å². The number of alkyl halides is 3. The maximum atomic E-state index is 14.4. The second kappa shape index (κ2) is 8.41. The van der Waals surface area contributed by atoms with Gasteiger partial charge in [0.15, 0.2) is 11.6 Å². The molecule has 0 saturated heterocycles. The van der Waals surface area contributed by atoms with Gasteiger partial charge in [0.1, 0.15) is 22.9 Å². The number of anilines is 1. The van der Waals surface area contributed by atoms with Crippen LogP contribution in [0.25, 0.3) is 0 Å². The zero-order chi connectivity index (χ0) is 21.9. The number of nitrogens with zero attached hydrogens (tertiary/aromatic N) is 1. The van der Waals surface area contributed by atoms with E-state index in [1.165, 1.54) is 0 Å². The Morgan fingerprint density at radius 1 is 1.07 bits per heavy atom. The Balaban J connectivity index is 2.43. The summed E-state index contributed by atoms with van der Waals surface area (Å²) in [4.78, 5) is 15.3. The van der Waals surface area contributed by atoms with Gasteiger partial charge in [0.05, 0.1) is 11.6 Å². The summed E-state index contributed by atoms with van der Waals surface area (Å²) in [6.45, 7) is 0. The second-order valence-corrected chi connectivity index (χ2v) is 5.68. The van der Waals surface area contributed by atoms with Gasteiger partial charge < -0.3 is 5.32 Å². The predicted octanol–water partition coefficient (Wildman–Crippen LogP) is 4.86. The first-order valence-corrected chi connectivity index (χ1v) is 7.80. The number of rotatable bonds is 5. The minimum absolute atomic E-state index is 0.612. The maximum Gasteiger partial charge on any atom is 0.429 e. The molecule has 0 radical (unpaired) electrons. The molecule has 0 spiro atoms. The molecule has 2 N–H and O–H groups in total. The van der Waals surface area contributed by atoms with Gasteiger partial charge >= 0.3 is 6.18 Å². The Labute approximate surface area is 159 Å². The summed E-state index contributed by atoms with van der Waals surface area (Å²) < 4.78 is 94.4. The number of amides is 1. The predicted molar refractivity (Wildman–Crippen MR) is 91.6 cm³/mol. The summed E-state index contributed by atoms with van der Waals surface area (Å²) in [5.41, 5.74) is -4.65. The van der Waals surface area contributed by atoms with Crippen molar-refractivity contribution in [2.45, 2.75) is 12.1 Å². The molecule has 11 heteroatoms. The van der Waals surface area contributed by atoms with E-state index in [2.05, 4.69) is 4.99 Å². The SMILES string of the molecule is CN=CC(C(=N)C(F)(F)F)c1ccc(NC(=O)c2c(F)cccc2F)c(F)c1F. The van der Waals surface area contributed by atoms with Gasteiger partial charge in [-0.25, -0.2) is 17.6 Å². The lowest BCUT2D eigenvalue weighted by atomic mass is 9.93. The smallest absolute Gasteiger partial charge is 0.319 e. The summed E-state index contributed by atoms with van der Waals surface area (Å²) in [6.07, 6.45) is -4.51. The fourth-order valence-corrected chi connectivity index (χ4v) is 2.44. The van der Waals surface area contributed by atoms with Crippen LogP contribution in [0.2, 0.25) is 0 Å². The fourth-order valence-electron chi connectivity index (χ4n) is 2.44. The number of carbonyl (C=O) groups excluding carboxylic acids is 1. The maximum absolute atomic E-state index is 14.4. The normalized spacial score (nSPS) is 12.8. The minimum Gasteiger partial charge on any atom is -0.319 e. The summed E-state index contributed by atoms with van der Waals surface area (Å²) in [5, 5.41) is 8.94. The summed E-state index contributed by atoms with van der Waals surface area (Å²) >= 11 is 0. The monoisotopic (exact) mass is 419 g/mol. The topological polar surface area (TPSA) is 65.3 Å². The quantitative estimate of drug-likeness (QED) is 0.528. The van der Waals surface area contributed by atoms with Crippen LogP contribution in [-0.4, -0.2) is 31.1 Å². The Hall–Kier alpha value is -3.24. The van der Waals surface area contributed by atoms with Gasteiger partial charge in [-0.15, -0.1) is 0 Å². The molecule has 0 aromatic heterocycles. The molecule has 0 fully saturated rings. The van der Waals surface area contributed by atoms with Gasteiger partial charge in [-0.1, -0.05) is 12.1 Å². The molecular weight excluding hydrogens is 407 g/mol. The zero-order valence-corrected chi connectivity index (χ0v) is 14.5. The van der Waals surface area contributed by atoms with E-state index in [-0.39, 0.29) is 0 Å². The molecule has 0 bridgehead atoms. The van der Waals surface area contributed by atoms with Crippen molar-refractivity contribution in [3.8, 4) is 0 Å². The van der Waals surface area contributed by atoms with Gasteiger partial charge in [-0.3, -0.25) is 15.2 Å². The lowest BCUT2D eigenvalue weighted by Gasteiger charge is -2.18. The first kappa shape index (κ1) is 22.1. The Morgan fingerprint density at radius 3 is 2.17 bits per heavy atom. The Morgan fingerprint density at radius 2 is 1.66 bits per heavy atom. The van der Waals surface area contributed by atoms with E-state index in [0.717, 1.165) is 25.2 Å². The van der Waals surface area contributed by atoms with Crippen LogP contribution in [0.3, 0.4) is 0 Å². The number of aliphatic imine (C=N–C) groups is 1. The van der Waals surface area contributed by atoms with Gasteiger partial charge in [-0.05, 0) is 18.2 Å². The van der Waals surface area contributed by atoms with Crippen LogP contribution in [0.5, 0.6) is 0 Å². The highest BCUT2D eigenvalue weighted by molar-refractivity contribution is 6.06. The van der Waals surface area contributed by atoms with Crippen molar-refractivity contribution < 1.29 is 35.5 Å². The van der Waals surface area contributed by atoms with Crippen LogP contribution in [-0.2, 0) is 0 Å². The van der Waals surface area contributed by atoms with E-state index in [1.807, 2.05) is 0 Å². The highest BCUT2D eigenvalue weighted by Gasteiger charge is 2.40. The van der Waals surface area contributed by atoms with E-state index < -0.39 is 63.8 Å². The molecule has 0 heterocycles. The van der Waals surface area contributed by atoms with Gasteiger partial charge in [0.2, 0.25) is 0 Å². The van der Waals surface area contributed by atoms with Crippen LogP contribution >= 0.6 is 0 Å². The van der Waals surface area contributed by atoms with Gasteiger partial charge in [0, 0.05) is 18.8 Å². The molecule has 0 aliphatic heterocycles. The van der Waals surface area contributed by atoms with E-state index >= 15 is 0 Å². The highest BCUT2D eigenvalue weighted by Crippen LogP contribution is 2.31. The third-order valence-corrected chi connectivity index (χ3v) is 3.80. The first-order valence-electron chi connectivity index (χ1n) is 7.80. The van der Waals surface area contributed by atoms with Crippen molar-refractivity contribution in [1.29, 1.82) is 5.41 Å². The van der Waals surface area contributed by atoms with Crippen molar-refractivity contribution in [3.63, 3.8) is 0 Å². The summed E-state index contributed by atoms with van der Waals surface area (Å²) in [7, 11) is 1.09. The molecule has 2 aromatic carbocycles. The molecule has 29 heavy (non-hydrogen) atoms. The van der Waals surface area contributed by atoms with Crippen LogP contribution in [0.1, 0.15) is 21.8 Å². The third-order valence-electron chi connectivity index (χ3n) is 3.80. The second-order valence-electron chi connectivity index (χ2n) is 5.68.